The van der Waals surface area contributed by atoms with Crippen LogP contribution in [0.4, 0.5) is 0 Å². The molecule has 4 heteroatoms. The van der Waals surface area contributed by atoms with Crippen LogP contribution in [0.3, 0.4) is 0 Å². The van der Waals surface area contributed by atoms with E-state index in [2.05, 4.69) is 83.2 Å². The molecule has 1 aromatic carbocycles. The Balaban J connectivity index is 0.000000145. The average molecular weight is 557 g/mol. The number of pyridine rings is 4. The molecule has 1 aliphatic carbocycles. The molecule has 0 radical (unpaired) electrons. The van der Waals surface area contributed by atoms with E-state index < -0.39 is 0 Å². The number of rotatable bonds is 6. The fraction of sp³-hybridized carbons (Fsp3) is 0.316. The third kappa shape index (κ3) is 9.44. The van der Waals surface area contributed by atoms with E-state index >= 15 is 0 Å². The molecule has 2 unspecified atom stereocenters. The van der Waals surface area contributed by atoms with E-state index in [0.29, 0.717) is 11.8 Å². The van der Waals surface area contributed by atoms with Crippen molar-refractivity contribution in [1.82, 2.24) is 19.9 Å². The van der Waals surface area contributed by atoms with Gasteiger partial charge in [-0.05, 0) is 72.9 Å². The topological polar surface area (TPSA) is 51.6 Å². The first-order chi connectivity index (χ1) is 20.6. The second-order valence-electron chi connectivity index (χ2n) is 11.1. The second-order valence-corrected chi connectivity index (χ2v) is 11.1. The summed E-state index contributed by atoms with van der Waals surface area (Å²) in [5, 5.41) is 0. The van der Waals surface area contributed by atoms with Gasteiger partial charge in [0.1, 0.15) is 0 Å². The Morgan fingerprint density at radius 2 is 0.857 bits per heavy atom. The first kappa shape index (κ1) is 30.8. The Hall–Kier alpha value is -4.18. The molecule has 0 amide bonds. The highest BCUT2D eigenvalue weighted by atomic mass is 14.7. The minimum Gasteiger partial charge on any atom is -0.261 e. The quantitative estimate of drug-likeness (QED) is 0.209. The number of benzene rings is 1. The lowest BCUT2D eigenvalue weighted by molar-refractivity contribution is 0.313. The molecule has 0 N–H and O–H groups in total. The molecule has 216 valence electrons. The van der Waals surface area contributed by atoms with E-state index in [4.69, 9.17) is 0 Å². The summed E-state index contributed by atoms with van der Waals surface area (Å²) < 4.78 is 0. The summed E-state index contributed by atoms with van der Waals surface area (Å²) in [4.78, 5) is 17.4. The lowest BCUT2D eigenvalue weighted by Gasteiger charge is -2.27. The molecule has 4 aromatic heterocycles. The van der Waals surface area contributed by atoms with Gasteiger partial charge in [-0.2, -0.15) is 0 Å². The molecule has 0 bridgehead atoms. The highest BCUT2D eigenvalue weighted by Crippen LogP contribution is 2.34. The number of hydrogen-bond donors (Lipinski definition) is 0. The van der Waals surface area contributed by atoms with Crippen molar-refractivity contribution in [3.05, 3.63) is 156 Å². The zero-order chi connectivity index (χ0) is 29.4. The van der Waals surface area contributed by atoms with E-state index in [1.165, 1.54) is 43.4 Å². The van der Waals surface area contributed by atoms with Gasteiger partial charge in [-0.3, -0.25) is 19.9 Å². The highest BCUT2D eigenvalue weighted by Gasteiger charge is 2.21. The maximum absolute atomic E-state index is 4.45. The molecule has 1 aliphatic rings. The van der Waals surface area contributed by atoms with Crippen molar-refractivity contribution in [3.63, 3.8) is 0 Å². The van der Waals surface area contributed by atoms with Crippen LogP contribution in [-0.2, 0) is 0 Å². The highest BCUT2D eigenvalue weighted by molar-refractivity contribution is 5.27. The number of nitrogens with zero attached hydrogens (tertiary/aromatic N) is 4. The van der Waals surface area contributed by atoms with Gasteiger partial charge < -0.3 is 0 Å². The summed E-state index contributed by atoms with van der Waals surface area (Å²) in [6.45, 7) is 6.63. The average Bonchev–Trinajstić information content (AvgIpc) is 3.10. The van der Waals surface area contributed by atoms with Crippen LogP contribution in [0.5, 0.6) is 0 Å². The minimum absolute atomic E-state index is 0.261. The number of hydrogen-bond acceptors (Lipinski definition) is 4. The Morgan fingerprint density at radius 3 is 1.29 bits per heavy atom. The molecule has 0 aliphatic heterocycles. The smallest absolute Gasteiger partial charge is 0.0491 e. The van der Waals surface area contributed by atoms with E-state index in [1.807, 2.05) is 85.5 Å². The number of aromatic nitrogens is 4. The van der Waals surface area contributed by atoms with Gasteiger partial charge in [-0.25, -0.2) is 0 Å². The molecule has 1 saturated carbocycles. The Kier molecular flexibility index (Phi) is 12.4. The van der Waals surface area contributed by atoms with E-state index in [-0.39, 0.29) is 5.92 Å². The van der Waals surface area contributed by atoms with Crippen molar-refractivity contribution >= 4 is 0 Å². The molecule has 42 heavy (non-hydrogen) atoms. The van der Waals surface area contributed by atoms with Gasteiger partial charge in [0.15, 0.2) is 0 Å². The van der Waals surface area contributed by atoms with E-state index in [1.54, 1.807) is 0 Å². The van der Waals surface area contributed by atoms with Crippen LogP contribution in [0, 0.1) is 5.92 Å². The summed E-state index contributed by atoms with van der Waals surface area (Å²) in [6.07, 6.45) is 14.5. The zero-order valence-corrected chi connectivity index (χ0v) is 25.3. The van der Waals surface area contributed by atoms with Crippen LogP contribution in [0.15, 0.2) is 128 Å². The molecule has 0 saturated heterocycles. The van der Waals surface area contributed by atoms with Crippen LogP contribution in [0.2, 0.25) is 0 Å². The van der Waals surface area contributed by atoms with E-state index in [9.17, 15) is 0 Å². The largest absolute Gasteiger partial charge is 0.261 e. The van der Waals surface area contributed by atoms with Crippen LogP contribution in [0.25, 0.3) is 0 Å². The Labute approximate surface area is 252 Å². The first-order valence-corrected chi connectivity index (χ1v) is 15.3. The second kappa shape index (κ2) is 16.9. The van der Waals surface area contributed by atoms with E-state index in [0.717, 1.165) is 23.0 Å². The molecule has 2 atom stereocenters. The van der Waals surface area contributed by atoms with Crippen LogP contribution >= 0.6 is 0 Å². The van der Waals surface area contributed by atoms with Gasteiger partial charge in [-0.1, -0.05) is 94.6 Å². The normalized spacial score (nSPS) is 14.5. The lowest BCUT2D eigenvalue weighted by Crippen LogP contribution is -2.14. The maximum atomic E-state index is 4.45. The summed E-state index contributed by atoms with van der Waals surface area (Å²) in [5.74, 6) is 2.16. The molecule has 4 nitrogen and oxygen atoms in total. The van der Waals surface area contributed by atoms with Crippen LogP contribution in [0.1, 0.15) is 99.0 Å². The summed E-state index contributed by atoms with van der Waals surface area (Å²) in [6, 6.07) is 34.7. The van der Waals surface area contributed by atoms with Crippen molar-refractivity contribution < 1.29 is 0 Å². The molecule has 0 spiro atoms. The van der Waals surface area contributed by atoms with Crippen molar-refractivity contribution in [2.75, 3.05) is 0 Å². The third-order valence-electron chi connectivity index (χ3n) is 8.21. The predicted octanol–water partition coefficient (Wildman–Crippen LogP) is 9.63. The van der Waals surface area contributed by atoms with Crippen LogP contribution < -0.4 is 0 Å². The maximum Gasteiger partial charge on any atom is 0.0491 e. The third-order valence-corrected chi connectivity index (χ3v) is 8.21. The van der Waals surface area contributed by atoms with Gasteiger partial charge in [0, 0.05) is 65.3 Å². The van der Waals surface area contributed by atoms with Gasteiger partial charge in [0.05, 0.1) is 0 Å². The fourth-order valence-electron chi connectivity index (χ4n) is 5.48. The lowest BCUT2D eigenvalue weighted by atomic mass is 9.79. The molecule has 5 aromatic rings. The fourth-order valence-corrected chi connectivity index (χ4v) is 5.48. The molecular formula is C38H44N4. The monoisotopic (exact) mass is 556 g/mol. The van der Waals surface area contributed by atoms with Crippen molar-refractivity contribution in [1.29, 1.82) is 0 Å². The van der Waals surface area contributed by atoms with Gasteiger partial charge >= 0.3 is 0 Å². The standard InChI is InChI=1S/C13H19N.C13H13N.C12H12N2/c2*1-11(12-7-3-2-4-8-12)13-9-5-6-10-14-13;1-10(11-6-2-4-8-13-11)12-7-3-5-9-14-12/h5-6,9-12H,2-4,7-8H2,1H3;2-11H,1H3;2-10H,1H3. The van der Waals surface area contributed by atoms with Gasteiger partial charge in [0.25, 0.3) is 0 Å². The summed E-state index contributed by atoms with van der Waals surface area (Å²) in [7, 11) is 0. The zero-order valence-electron chi connectivity index (χ0n) is 25.3. The molecular weight excluding hydrogens is 512 g/mol. The minimum atomic E-state index is 0.261. The SMILES string of the molecule is CC(c1ccccc1)c1ccccn1.CC(c1ccccn1)C1CCCCC1.CC(c1ccccn1)c1ccccn1. The van der Waals surface area contributed by atoms with Crippen molar-refractivity contribution in [2.24, 2.45) is 5.92 Å². The predicted molar refractivity (Wildman–Crippen MR) is 173 cm³/mol. The Bertz CT molecular complexity index is 1210. The van der Waals surface area contributed by atoms with Crippen molar-refractivity contribution in [2.45, 2.75) is 70.6 Å². The summed E-state index contributed by atoms with van der Waals surface area (Å²) in [5.41, 5.74) is 5.83. The van der Waals surface area contributed by atoms with Gasteiger partial charge in [0.2, 0.25) is 0 Å². The first-order valence-electron chi connectivity index (χ1n) is 15.3. The van der Waals surface area contributed by atoms with Crippen LogP contribution in [-0.4, -0.2) is 19.9 Å². The molecule has 4 heterocycles. The van der Waals surface area contributed by atoms with Gasteiger partial charge in [-0.15, -0.1) is 0 Å². The Morgan fingerprint density at radius 1 is 0.452 bits per heavy atom. The summed E-state index contributed by atoms with van der Waals surface area (Å²) >= 11 is 0. The van der Waals surface area contributed by atoms with Crippen molar-refractivity contribution in [3.8, 4) is 0 Å². The molecule has 6 rings (SSSR count). The molecule has 1 fully saturated rings.